The first kappa shape index (κ1) is 14.3. The van der Waals surface area contributed by atoms with Crippen LogP contribution in [0.4, 0.5) is 4.79 Å². The van der Waals surface area contributed by atoms with Crippen LogP contribution in [-0.4, -0.2) is 53.9 Å². The summed E-state index contributed by atoms with van der Waals surface area (Å²) in [4.78, 5) is 39.0. The van der Waals surface area contributed by atoms with Crippen molar-refractivity contribution >= 4 is 17.8 Å². The maximum Gasteiger partial charge on any atom is 0.331 e. The molecule has 0 spiro atoms. The average molecular weight is 305 g/mol. The fourth-order valence-corrected chi connectivity index (χ4v) is 2.27. The fourth-order valence-electron chi connectivity index (χ4n) is 2.27. The minimum absolute atomic E-state index is 0.0224. The Labute approximate surface area is 126 Å². The molecule has 0 aliphatic carbocycles. The van der Waals surface area contributed by atoms with Crippen molar-refractivity contribution in [3.8, 4) is 0 Å². The van der Waals surface area contributed by atoms with Crippen molar-refractivity contribution in [3.05, 3.63) is 35.9 Å². The minimum atomic E-state index is -0.745. The lowest BCUT2D eigenvalue weighted by Crippen LogP contribution is -2.54. The number of imide groups is 2. The van der Waals surface area contributed by atoms with E-state index in [0.717, 1.165) is 4.90 Å². The van der Waals surface area contributed by atoms with Crippen LogP contribution in [0.15, 0.2) is 34.6 Å². The summed E-state index contributed by atoms with van der Waals surface area (Å²) in [5.41, 5.74) is -0.0620. The first-order chi connectivity index (χ1) is 10.6. The van der Waals surface area contributed by atoms with E-state index in [0.29, 0.717) is 32.1 Å². The van der Waals surface area contributed by atoms with Gasteiger partial charge >= 0.3 is 6.03 Å². The number of urea groups is 1. The molecular formula is C14H15N3O5. The molecule has 116 valence electrons. The van der Waals surface area contributed by atoms with E-state index in [4.69, 9.17) is 9.15 Å². The zero-order chi connectivity index (χ0) is 15.5. The van der Waals surface area contributed by atoms with Crippen LogP contribution in [0.3, 0.4) is 0 Å². The molecule has 0 atom stereocenters. The number of amides is 4. The van der Waals surface area contributed by atoms with Crippen LogP contribution in [0.2, 0.25) is 0 Å². The second-order valence-electron chi connectivity index (χ2n) is 4.92. The van der Waals surface area contributed by atoms with Gasteiger partial charge in [0.2, 0.25) is 0 Å². The lowest BCUT2D eigenvalue weighted by atomic mass is 10.1. The summed E-state index contributed by atoms with van der Waals surface area (Å²) in [5, 5.41) is 2.17. The number of hydrogen-bond donors (Lipinski definition) is 1. The third kappa shape index (κ3) is 2.86. The van der Waals surface area contributed by atoms with E-state index in [2.05, 4.69) is 5.32 Å². The average Bonchev–Trinajstić information content (AvgIpc) is 3.02. The lowest BCUT2D eigenvalue weighted by Gasteiger charge is -2.29. The van der Waals surface area contributed by atoms with E-state index in [1.807, 2.05) is 4.90 Å². The van der Waals surface area contributed by atoms with Gasteiger partial charge < -0.3 is 14.1 Å². The lowest BCUT2D eigenvalue weighted by molar-refractivity contribution is -0.131. The SMILES string of the molecule is O=C1NC(=O)N(Cc2ccco2)C(=O)/C1=C\N1CCOCC1. The summed E-state index contributed by atoms with van der Waals surface area (Å²) in [7, 11) is 0. The standard InChI is InChI=1S/C14H15N3O5/c18-12-11(9-16-3-6-21-7-4-16)13(19)17(14(20)15-12)8-10-2-1-5-22-10/h1-2,5,9H,3-4,6-8H2,(H,15,18,20)/b11-9-. The van der Waals surface area contributed by atoms with Crippen LogP contribution in [0.25, 0.3) is 0 Å². The second-order valence-corrected chi connectivity index (χ2v) is 4.92. The van der Waals surface area contributed by atoms with E-state index >= 15 is 0 Å². The number of hydrogen-bond acceptors (Lipinski definition) is 6. The molecule has 2 aliphatic rings. The Morgan fingerprint density at radius 2 is 2.00 bits per heavy atom. The highest BCUT2D eigenvalue weighted by Gasteiger charge is 2.36. The molecular weight excluding hydrogens is 290 g/mol. The molecule has 0 unspecified atom stereocenters. The third-order valence-electron chi connectivity index (χ3n) is 3.44. The molecule has 1 aromatic heterocycles. The van der Waals surface area contributed by atoms with Crippen molar-refractivity contribution in [2.75, 3.05) is 26.3 Å². The minimum Gasteiger partial charge on any atom is -0.467 e. The number of barbiturate groups is 1. The van der Waals surface area contributed by atoms with E-state index in [1.54, 1.807) is 12.1 Å². The molecule has 3 heterocycles. The molecule has 2 aliphatic heterocycles. The molecule has 4 amide bonds. The van der Waals surface area contributed by atoms with Gasteiger partial charge in [0.05, 0.1) is 26.0 Å². The number of rotatable bonds is 3. The number of furan rings is 1. The van der Waals surface area contributed by atoms with Gasteiger partial charge in [0.1, 0.15) is 11.3 Å². The number of nitrogens with zero attached hydrogens (tertiary/aromatic N) is 2. The molecule has 0 saturated carbocycles. The van der Waals surface area contributed by atoms with E-state index in [1.165, 1.54) is 12.5 Å². The number of morpholine rings is 1. The Balaban J connectivity index is 1.80. The summed E-state index contributed by atoms with van der Waals surface area (Å²) < 4.78 is 10.4. The Morgan fingerprint density at radius 3 is 2.68 bits per heavy atom. The number of nitrogens with one attached hydrogen (secondary N) is 1. The topological polar surface area (TPSA) is 92.1 Å². The van der Waals surface area contributed by atoms with Crippen LogP contribution < -0.4 is 5.32 Å². The molecule has 1 aromatic rings. The van der Waals surface area contributed by atoms with Gasteiger partial charge in [-0.25, -0.2) is 4.79 Å². The molecule has 0 bridgehead atoms. The number of ether oxygens (including phenoxy) is 1. The highest BCUT2D eigenvalue weighted by atomic mass is 16.5. The van der Waals surface area contributed by atoms with Crippen LogP contribution in [0, 0.1) is 0 Å². The molecule has 0 radical (unpaired) electrons. The largest absolute Gasteiger partial charge is 0.467 e. The predicted octanol–water partition coefficient (Wildman–Crippen LogP) is 0.0741. The van der Waals surface area contributed by atoms with Crippen molar-refractivity contribution in [2.24, 2.45) is 0 Å². The maximum absolute atomic E-state index is 12.4. The van der Waals surface area contributed by atoms with Crippen LogP contribution in [0.1, 0.15) is 5.76 Å². The van der Waals surface area contributed by atoms with Gasteiger partial charge in [-0.1, -0.05) is 0 Å². The Kier molecular flexibility index (Phi) is 3.92. The smallest absolute Gasteiger partial charge is 0.331 e. The number of carbonyl (C=O) groups excluding carboxylic acids is 3. The quantitative estimate of drug-likeness (QED) is 0.628. The normalized spacial score (nSPS) is 21.5. The van der Waals surface area contributed by atoms with Gasteiger partial charge in [-0.3, -0.25) is 19.8 Å². The van der Waals surface area contributed by atoms with Crippen LogP contribution in [0.5, 0.6) is 0 Å². The van der Waals surface area contributed by atoms with Crippen LogP contribution in [-0.2, 0) is 20.9 Å². The summed E-state index contributed by atoms with van der Waals surface area (Å²) in [6.07, 6.45) is 2.94. The molecule has 3 rings (SSSR count). The molecule has 1 N–H and O–H groups in total. The van der Waals surface area contributed by atoms with E-state index in [9.17, 15) is 14.4 Å². The van der Waals surface area contributed by atoms with Crippen molar-refractivity contribution in [2.45, 2.75) is 6.54 Å². The van der Waals surface area contributed by atoms with Crippen molar-refractivity contribution in [3.63, 3.8) is 0 Å². The number of carbonyl (C=O) groups is 3. The molecule has 0 aromatic carbocycles. The van der Waals surface area contributed by atoms with Gasteiger partial charge in [-0.2, -0.15) is 0 Å². The monoisotopic (exact) mass is 305 g/mol. The van der Waals surface area contributed by atoms with Crippen LogP contribution >= 0.6 is 0 Å². The summed E-state index contributed by atoms with van der Waals surface area (Å²) in [5.74, 6) is -0.850. The third-order valence-corrected chi connectivity index (χ3v) is 3.44. The summed E-state index contributed by atoms with van der Waals surface area (Å²) in [6.45, 7) is 2.24. The van der Waals surface area contributed by atoms with E-state index < -0.39 is 17.8 Å². The fraction of sp³-hybridized carbons (Fsp3) is 0.357. The first-order valence-electron chi connectivity index (χ1n) is 6.88. The summed E-state index contributed by atoms with van der Waals surface area (Å²) in [6, 6.07) is 2.57. The van der Waals surface area contributed by atoms with E-state index in [-0.39, 0.29) is 12.1 Å². The molecule has 8 nitrogen and oxygen atoms in total. The van der Waals surface area contributed by atoms with Gasteiger partial charge in [0.25, 0.3) is 11.8 Å². The Hall–Kier alpha value is -2.61. The predicted molar refractivity (Wildman–Crippen MR) is 73.3 cm³/mol. The van der Waals surface area contributed by atoms with Gasteiger partial charge in [-0.15, -0.1) is 0 Å². The second kappa shape index (κ2) is 6.02. The zero-order valence-corrected chi connectivity index (χ0v) is 11.8. The first-order valence-corrected chi connectivity index (χ1v) is 6.88. The van der Waals surface area contributed by atoms with Gasteiger partial charge in [-0.05, 0) is 12.1 Å². The highest BCUT2D eigenvalue weighted by Crippen LogP contribution is 2.15. The van der Waals surface area contributed by atoms with Crippen molar-refractivity contribution in [1.29, 1.82) is 0 Å². The van der Waals surface area contributed by atoms with Gasteiger partial charge in [0, 0.05) is 19.3 Å². The molecule has 2 saturated heterocycles. The Morgan fingerprint density at radius 1 is 1.23 bits per heavy atom. The van der Waals surface area contributed by atoms with Crippen molar-refractivity contribution in [1.82, 2.24) is 15.1 Å². The molecule has 2 fully saturated rings. The Bertz CT molecular complexity index is 616. The summed E-state index contributed by atoms with van der Waals surface area (Å²) >= 11 is 0. The van der Waals surface area contributed by atoms with Crippen molar-refractivity contribution < 1.29 is 23.5 Å². The van der Waals surface area contributed by atoms with Gasteiger partial charge in [0.15, 0.2) is 0 Å². The zero-order valence-electron chi connectivity index (χ0n) is 11.8. The molecule has 8 heteroatoms. The molecule has 22 heavy (non-hydrogen) atoms. The maximum atomic E-state index is 12.4. The highest BCUT2D eigenvalue weighted by molar-refractivity contribution is 6.28.